The van der Waals surface area contributed by atoms with Gasteiger partial charge < -0.3 is 15.4 Å². The number of ether oxygens (including phenoxy) is 1. The number of anilines is 1. The molecule has 1 fully saturated rings. The number of methoxy groups -OCH3 is 1. The fourth-order valence-corrected chi connectivity index (χ4v) is 2.36. The van der Waals surface area contributed by atoms with Crippen LogP contribution in [0.15, 0.2) is 12.3 Å². The lowest BCUT2D eigenvalue weighted by Gasteiger charge is -2.33. The van der Waals surface area contributed by atoms with E-state index in [0.717, 1.165) is 32.5 Å². The van der Waals surface area contributed by atoms with Crippen molar-refractivity contribution in [2.24, 2.45) is 0 Å². The van der Waals surface area contributed by atoms with Gasteiger partial charge in [0.1, 0.15) is 5.82 Å². The van der Waals surface area contributed by atoms with Crippen LogP contribution in [0.3, 0.4) is 0 Å². The van der Waals surface area contributed by atoms with Gasteiger partial charge in [0.05, 0.1) is 12.1 Å². The first kappa shape index (κ1) is 12.4. The average Bonchev–Trinajstić information content (AvgIpc) is 2.77. The van der Waals surface area contributed by atoms with Crippen LogP contribution in [0.5, 0.6) is 0 Å². The molecule has 0 saturated carbocycles. The van der Waals surface area contributed by atoms with Crippen molar-refractivity contribution < 1.29 is 4.74 Å². The second-order valence-corrected chi connectivity index (χ2v) is 4.80. The summed E-state index contributed by atoms with van der Waals surface area (Å²) in [6.07, 6.45) is 4.56. The highest BCUT2D eigenvalue weighted by molar-refractivity contribution is 5.24. The van der Waals surface area contributed by atoms with E-state index >= 15 is 0 Å². The van der Waals surface area contributed by atoms with Crippen LogP contribution >= 0.6 is 0 Å². The molecule has 1 atom stereocenters. The van der Waals surface area contributed by atoms with Gasteiger partial charge in [0.2, 0.25) is 0 Å². The number of aromatic nitrogens is 2. The Morgan fingerprint density at radius 3 is 2.76 bits per heavy atom. The average molecular weight is 238 g/mol. The fraction of sp³-hybridized carbons (Fsp3) is 0.750. The van der Waals surface area contributed by atoms with E-state index in [2.05, 4.69) is 16.9 Å². The highest BCUT2D eigenvalue weighted by Gasteiger charge is 2.21. The minimum absolute atomic E-state index is 0.312. The lowest BCUT2D eigenvalue weighted by atomic mass is 10.1. The first-order valence-electron chi connectivity index (χ1n) is 6.25. The van der Waals surface area contributed by atoms with Gasteiger partial charge in [-0.25, -0.2) is 0 Å². The number of piperidine rings is 1. The molecule has 1 aliphatic heterocycles. The maximum atomic E-state index is 5.64. The second-order valence-electron chi connectivity index (χ2n) is 4.80. The summed E-state index contributed by atoms with van der Waals surface area (Å²) in [6, 6.07) is 2.36. The zero-order chi connectivity index (χ0) is 12.3. The molecular formula is C12H22N4O. The molecule has 0 amide bonds. The highest BCUT2D eigenvalue weighted by atomic mass is 16.5. The molecular weight excluding hydrogens is 216 g/mol. The first-order chi connectivity index (χ1) is 8.19. The molecule has 0 aromatic carbocycles. The van der Waals surface area contributed by atoms with E-state index in [-0.39, 0.29) is 0 Å². The monoisotopic (exact) mass is 238 g/mol. The normalized spacial score (nSPS) is 20.6. The SMILES string of the molecule is COC(C)CN1CCC(n2ccc(N)n2)CC1. The number of hydrogen-bond donors (Lipinski definition) is 1. The molecule has 1 aromatic rings. The van der Waals surface area contributed by atoms with Gasteiger partial charge in [-0.1, -0.05) is 0 Å². The topological polar surface area (TPSA) is 56.3 Å². The van der Waals surface area contributed by atoms with E-state index in [1.54, 1.807) is 7.11 Å². The predicted molar refractivity (Wildman–Crippen MR) is 67.8 cm³/mol. The number of rotatable bonds is 4. The van der Waals surface area contributed by atoms with Gasteiger partial charge in [-0.15, -0.1) is 0 Å². The predicted octanol–water partition coefficient (Wildman–Crippen LogP) is 1.14. The van der Waals surface area contributed by atoms with Crippen molar-refractivity contribution in [2.45, 2.75) is 31.9 Å². The van der Waals surface area contributed by atoms with Gasteiger partial charge in [0.25, 0.3) is 0 Å². The highest BCUT2D eigenvalue weighted by Crippen LogP contribution is 2.22. The summed E-state index contributed by atoms with van der Waals surface area (Å²) in [5, 5.41) is 4.29. The van der Waals surface area contributed by atoms with Crippen molar-refractivity contribution in [3.05, 3.63) is 12.3 Å². The summed E-state index contributed by atoms with van der Waals surface area (Å²) in [5.74, 6) is 0.612. The number of nitrogens with two attached hydrogens (primary N) is 1. The largest absolute Gasteiger partial charge is 0.382 e. The molecule has 5 heteroatoms. The molecule has 1 aliphatic rings. The van der Waals surface area contributed by atoms with E-state index in [0.29, 0.717) is 18.0 Å². The van der Waals surface area contributed by atoms with Crippen LogP contribution in [0.2, 0.25) is 0 Å². The lowest BCUT2D eigenvalue weighted by molar-refractivity contribution is 0.0626. The smallest absolute Gasteiger partial charge is 0.145 e. The molecule has 0 aliphatic carbocycles. The summed E-state index contributed by atoms with van der Waals surface area (Å²) in [7, 11) is 1.77. The van der Waals surface area contributed by atoms with Crippen molar-refractivity contribution in [3.63, 3.8) is 0 Å². The van der Waals surface area contributed by atoms with Crippen molar-refractivity contribution in [2.75, 3.05) is 32.5 Å². The van der Waals surface area contributed by atoms with Crippen LogP contribution in [0.1, 0.15) is 25.8 Å². The Balaban J connectivity index is 1.82. The third-order valence-electron chi connectivity index (χ3n) is 3.48. The third-order valence-corrected chi connectivity index (χ3v) is 3.48. The molecule has 0 spiro atoms. The first-order valence-corrected chi connectivity index (χ1v) is 6.25. The Hall–Kier alpha value is -1.07. The van der Waals surface area contributed by atoms with Crippen molar-refractivity contribution in [3.8, 4) is 0 Å². The minimum Gasteiger partial charge on any atom is -0.382 e. The van der Waals surface area contributed by atoms with Crippen LogP contribution in [-0.2, 0) is 4.74 Å². The van der Waals surface area contributed by atoms with Crippen molar-refractivity contribution >= 4 is 5.82 Å². The minimum atomic E-state index is 0.312. The molecule has 2 heterocycles. The fourth-order valence-electron chi connectivity index (χ4n) is 2.36. The number of hydrogen-bond acceptors (Lipinski definition) is 4. The maximum Gasteiger partial charge on any atom is 0.145 e. The number of nitrogens with zero attached hydrogens (tertiary/aromatic N) is 3. The Morgan fingerprint density at radius 2 is 2.24 bits per heavy atom. The van der Waals surface area contributed by atoms with Gasteiger partial charge in [-0.2, -0.15) is 5.10 Å². The molecule has 0 bridgehead atoms. The molecule has 1 unspecified atom stereocenters. The molecule has 17 heavy (non-hydrogen) atoms. The van der Waals surface area contributed by atoms with Gasteiger partial charge in [0, 0.05) is 32.9 Å². The van der Waals surface area contributed by atoms with Gasteiger partial charge in [0.15, 0.2) is 0 Å². The standard InChI is InChI=1S/C12H22N4O/c1-10(17-2)9-15-6-3-11(4-7-15)16-8-5-12(13)14-16/h5,8,10-11H,3-4,6-7,9H2,1-2H3,(H2,13,14). The quantitative estimate of drug-likeness (QED) is 0.854. The Labute approximate surface area is 103 Å². The van der Waals surface area contributed by atoms with Gasteiger partial charge in [-0.3, -0.25) is 4.68 Å². The Morgan fingerprint density at radius 1 is 1.53 bits per heavy atom. The van der Waals surface area contributed by atoms with Crippen LogP contribution in [0.25, 0.3) is 0 Å². The molecule has 96 valence electrons. The maximum absolute atomic E-state index is 5.64. The molecule has 2 N–H and O–H groups in total. The second kappa shape index (κ2) is 5.51. The number of likely N-dealkylation sites (tertiary alicyclic amines) is 1. The van der Waals surface area contributed by atoms with Crippen LogP contribution in [0.4, 0.5) is 5.82 Å². The third kappa shape index (κ3) is 3.20. The summed E-state index contributed by atoms with van der Waals surface area (Å²) in [4.78, 5) is 2.46. The lowest BCUT2D eigenvalue weighted by Crippen LogP contribution is -2.39. The van der Waals surface area contributed by atoms with Gasteiger partial charge >= 0.3 is 0 Å². The van der Waals surface area contributed by atoms with E-state index in [1.807, 2.05) is 16.9 Å². The van der Waals surface area contributed by atoms with Gasteiger partial charge in [-0.05, 0) is 25.8 Å². The summed E-state index contributed by atoms with van der Waals surface area (Å²) in [6.45, 7) is 5.35. The summed E-state index contributed by atoms with van der Waals surface area (Å²) in [5.41, 5.74) is 5.64. The zero-order valence-electron chi connectivity index (χ0n) is 10.7. The van der Waals surface area contributed by atoms with Crippen LogP contribution in [-0.4, -0.2) is 47.5 Å². The molecule has 0 radical (unpaired) electrons. The van der Waals surface area contributed by atoms with E-state index in [1.165, 1.54) is 0 Å². The molecule has 2 rings (SSSR count). The molecule has 1 aromatic heterocycles. The Bertz CT molecular complexity index is 344. The van der Waals surface area contributed by atoms with E-state index < -0.39 is 0 Å². The number of nitrogen functional groups attached to an aromatic ring is 1. The van der Waals surface area contributed by atoms with Crippen LogP contribution < -0.4 is 5.73 Å². The summed E-state index contributed by atoms with van der Waals surface area (Å²) < 4.78 is 7.30. The van der Waals surface area contributed by atoms with Crippen LogP contribution in [0, 0.1) is 0 Å². The Kier molecular flexibility index (Phi) is 4.02. The molecule has 1 saturated heterocycles. The van der Waals surface area contributed by atoms with Crippen molar-refractivity contribution in [1.29, 1.82) is 0 Å². The summed E-state index contributed by atoms with van der Waals surface area (Å²) >= 11 is 0. The zero-order valence-corrected chi connectivity index (χ0v) is 10.7. The van der Waals surface area contributed by atoms with Crippen molar-refractivity contribution in [1.82, 2.24) is 14.7 Å². The molecule has 5 nitrogen and oxygen atoms in total. The van der Waals surface area contributed by atoms with E-state index in [4.69, 9.17) is 10.5 Å². The van der Waals surface area contributed by atoms with E-state index in [9.17, 15) is 0 Å².